The van der Waals surface area contributed by atoms with Gasteiger partial charge in [0.25, 0.3) is 0 Å². The lowest BCUT2D eigenvalue weighted by Crippen LogP contribution is -2.49. The molecule has 9 heteroatoms. The van der Waals surface area contributed by atoms with Crippen molar-refractivity contribution in [2.75, 3.05) is 5.32 Å². The SMILES string of the molecule is CC(Sc1nnc(NC2CC2)s1)C(=O)NC(=O)NC(C)(C)C. The average molecular weight is 343 g/mol. The largest absolute Gasteiger partial charge is 0.357 e. The molecule has 7 nitrogen and oxygen atoms in total. The predicted octanol–water partition coefficient (Wildman–Crippen LogP) is 2.22. The number of imide groups is 1. The normalized spacial score (nSPS) is 16.0. The highest BCUT2D eigenvalue weighted by Crippen LogP contribution is 2.31. The Morgan fingerprint density at radius 3 is 2.59 bits per heavy atom. The molecule has 1 aliphatic rings. The molecule has 1 heterocycles. The van der Waals surface area contributed by atoms with Gasteiger partial charge in [0, 0.05) is 11.6 Å². The van der Waals surface area contributed by atoms with Gasteiger partial charge in [0.05, 0.1) is 5.25 Å². The highest BCUT2D eigenvalue weighted by molar-refractivity contribution is 8.02. The molecule has 1 aliphatic carbocycles. The first-order valence-electron chi connectivity index (χ1n) is 7.12. The summed E-state index contributed by atoms with van der Waals surface area (Å²) in [4.78, 5) is 23.7. The maximum absolute atomic E-state index is 12.0. The van der Waals surface area contributed by atoms with E-state index in [4.69, 9.17) is 0 Å². The number of rotatable bonds is 5. The minimum absolute atomic E-state index is 0.348. The molecule has 0 radical (unpaired) electrons. The summed E-state index contributed by atoms with van der Waals surface area (Å²) in [5, 5.41) is 16.7. The van der Waals surface area contributed by atoms with E-state index in [9.17, 15) is 9.59 Å². The standard InChI is InChI=1S/C13H21N5O2S2/c1-7(9(19)15-10(20)16-13(2,3)4)21-12-18-17-11(22-12)14-8-5-6-8/h7-8H,5-6H2,1-4H3,(H,14,17)(H2,15,16,19,20). The molecule has 1 unspecified atom stereocenters. The number of amides is 3. The third-order valence-electron chi connectivity index (χ3n) is 2.68. The van der Waals surface area contributed by atoms with Gasteiger partial charge in [0.2, 0.25) is 11.0 Å². The Kier molecular flexibility index (Phi) is 5.28. The highest BCUT2D eigenvalue weighted by atomic mass is 32.2. The quantitative estimate of drug-likeness (QED) is 0.710. The average Bonchev–Trinajstić information content (AvgIpc) is 3.06. The summed E-state index contributed by atoms with van der Waals surface area (Å²) in [5.74, 6) is -0.348. The van der Waals surface area contributed by atoms with Crippen LogP contribution < -0.4 is 16.0 Å². The van der Waals surface area contributed by atoms with Crippen LogP contribution in [0, 0.1) is 0 Å². The van der Waals surface area contributed by atoms with Crippen LogP contribution >= 0.6 is 23.1 Å². The fraction of sp³-hybridized carbons (Fsp3) is 0.692. The predicted molar refractivity (Wildman–Crippen MR) is 88.3 cm³/mol. The lowest BCUT2D eigenvalue weighted by molar-refractivity contribution is -0.119. The zero-order chi connectivity index (χ0) is 16.3. The number of nitrogens with one attached hydrogen (secondary N) is 3. The van der Waals surface area contributed by atoms with Gasteiger partial charge in [-0.25, -0.2) is 4.79 Å². The van der Waals surface area contributed by atoms with Crippen molar-refractivity contribution in [1.29, 1.82) is 0 Å². The van der Waals surface area contributed by atoms with Crippen LogP contribution in [0.25, 0.3) is 0 Å². The minimum Gasteiger partial charge on any atom is -0.357 e. The van der Waals surface area contributed by atoms with Crippen molar-refractivity contribution in [2.45, 2.75) is 61.7 Å². The van der Waals surface area contributed by atoms with Crippen molar-refractivity contribution in [3.63, 3.8) is 0 Å². The lowest BCUT2D eigenvalue weighted by atomic mass is 10.1. The van der Waals surface area contributed by atoms with Crippen LogP contribution in [0.15, 0.2) is 4.34 Å². The molecule has 3 N–H and O–H groups in total. The van der Waals surface area contributed by atoms with E-state index in [0.717, 1.165) is 5.13 Å². The summed E-state index contributed by atoms with van der Waals surface area (Å²) in [7, 11) is 0. The first kappa shape index (κ1) is 17.0. The van der Waals surface area contributed by atoms with Crippen molar-refractivity contribution < 1.29 is 9.59 Å². The second kappa shape index (κ2) is 6.82. The smallest absolute Gasteiger partial charge is 0.321 e. The topological polar surface area (TPSA) is 96.0 Å². The van der Waals surface area contributed by atoms with Gasteiger partial charge in [0.15, 0.2) is 4.34 Å². The summed E-state index contributed by atoms with van der Waals surface area (Å²) < 4.78 is 0.710. The van der Waals surface area contributed by atoms with Crippen LogP contribution in [0.3, 0.4) is 0 Å². The highest BCUT2D eigenvalue weighted by Gasteiger charge is 2.24. The van der Waals surface area contributed by atoms with E-state index >= 15 is 0 Å². The van der Waals surface area contributed by atoms with Crippen LogP contribution in [-0.4, -0.2) is 39.0 Å². The number of carbonyl (C=O) groups excluding carboxylic acids is 2. The first-order chi connectivity index (χ1) is 10.2. The Bertz CT molecular complexity index is 551. The van der Waals surface area contributed by atoms with Gasteiger partial charge < -0.3 is 10.6 Å². The Balaban J connectivity index is 1.80. The number of anilines is 1. The Morgan fingerprint density at radius 2 is 2.00 bits per heavy atom. The summed E-state index contributed by atoms with van der Waals surface area (Å²) in [6.45, 7) is 7.29. The Morgan fingerprint density at radius 1 is 1.32 bits per heavy atom. The number of hydrogen-bond acceptors (Lipinski definition) is 7. The molecule has 0 bridgehead atoms. The van der Waals surface area contributed by atoms with Gasteiger partial charge in [-0.05, 0) is 40.5 Å². The second-order valence-electron chi connectivity index (χ2n) is 6.25. The molecule has 0 saturated heterocycles. The van der Waals surface area contributed by atoms with Crippen molar-refractivity contribution in [2.24, 2.45) is 0 Å². The van der Waals surface area contributed by atoms with Gasteiger partial charge >= 0.3 is 6.03 Å². The van der Waals surface area contributed by atoms with E-state index in [1.807, 2.05) is 20.8 Å². The van der Waals surface area contributed by atoms with Crippen LogP contribution in [-0.2, 0) is 4.79 Å². The summed E-state index contributed by atoms with van der Waals surface area (Å²) in [5.41, 5.74) is -0.386. The molecule has 1 fully saturated rings. The number of nitrogens with zero attached hydrogens (tertiary/aromatic N) is 2. The summed E-state index contributed by atoms with van der Waals surface area (Å²) in [6.07, 6.45) is 2.34. The number of hydrogen-bond donors (Lipinski definition) is 3. The summed E-state index contributed by atoms with van der Waals surface area (Å²) >= 11 is 2.72. The van der Waals surface area contributed by atoms with E-state index in [1.165, 1.54) is 35.9 Å². The van der Waals surface area contributed by atoms with Crippen molar-refractivity contribution >= 4 is 40.2 Å². The van der Waals surface area contributed by atoms with Gasteiger partial charge in [-0.3, -0.25) is 10.1 Å². The Labute approximate surface area is 138 Å². The molecule has 0 aromatic carbocycles. The van der Waals surface area contributed by atoms with Crippen LogP contribution in [0.1, 0.15) is 40.5 Å². The molecular weight excluding hydrogens is 322 g/mol. The maximum atomic E-state index is 12.0. The molecular formula is C13H21N5O2S2. The van der Waals surface area contributed by atoms with Gasteiger partial charge in [-0.15, -0.1) is 10.2 Å². The molecule has 1 aromatic rings. The van der Waals surface area contributed by atoms with Gasteiger partial charge in [0.1, 0.15) is 0 Å². The van der Waals surface area contributed by atoms with E-state index < -0.39 is 11.3 Å². The van der Waals surface area contributed by atoms with E-state index in [0.29, 0.717) is 10.4 Å². The third kappa shape index (κ3) is 5.80. The van der Waals surface area contributed by atoms with Gasteiger partial charge in [-0.1, -0.05) is 23.1 Å². The van der Waals surface area contributed by atoms with Crippen LogP contribution in [0.4, 0.5) is 9.93 Å². The fourth-order valence-corrected chi connectivity index (χ4v) is 3.48. The fourth-order valence-electron chi connectivity index (χ4n) is 1.51. The van der Waals surface area contributed by atoms with Crippen molar-refractivity contribution in [1.82, 2.24) is 20.8 Å². The molecule has 1 saturated carbocycles. The second-order valence-corrected chi connectivity index (χ2v) is 8.81. The molecule has 0 aliphatic heterocycles. The summed E-state index contributed by atoms with van der Waals surface area (Å²) in [6, 6.07) is 0.0333. The van der Waals surface area contributed by atoms with Crippen molar-refractivity contribution in [3.05, 3.63) is 0 Å². The zero-order valence-electron chi connectivity index (χ0n) is 13.1. The molecule has 2 rings (SSSR count). The molecule has 3 amide bonds. The molecule has 1 atom stereocenters. The van der Waals surface area contributed by atoms with Crippen LogP contribution in [0.5, 0.6) is 0 Å². The van der Waals surface area contributed by atoms with E-state index in [2.05, 4.69) is 26.1 Å². The third-order valence-corrected chi connectivity index (χ3v) is 4.72. The number of urea groups is 1. The van der Waals surface area contributed by atoms with Crippen LogP contribution in [0.2, 0.25) is 0 Å². The molecule has 1 aromatic heterocycles. The number of thioether (sulfide) groups is 1. The van der Waals surface area contributed by atoms with E-state index in [1.54, 1.807) is 6.92 Å². The minimum atomic E-state index is -0.488. The maximum Gasteiger partial charge on any atom is 0.321 e. The lowest BCUT2D eigenvalue weighted by Gasteiger charge is -2.20. The molecule has 122 valence electrons. The first-order valence-corrected chi connectivity index (χ1v) is 8.82. The van der Waals surface area contributed by atoms with Crippen molar-refractivity contribution in [3.8, 4) is 0 Å². The molecule has 22 heavy (non-hydrogen) atoms. The van der Waals surface area contributed by atoms with Gasteiger partial charge in [-0.2, -0.15) is 0 Å². The molecule has 0 spiro atoms. The zero-order valence-corrected chi connectivity index (χ0v) is 14.7. The number of aromatic nitrogens is 2. The monoisotopic (exact) mass is 343 g/mol. The number of carbonyl (C=O) groups is 2. The Hall–Kier alpha value is -1.35. The van der Waals surface area contributed by atoms with E-state index in [-0.39, 0.29) is 11.4 Å².